The molecule has 0 unspecified atom stereocenters. The molecule has 1 radical (unpaired) electrons. The number of hydrogen-bond donors (Lipinski definition) is 1. The van der Waals surface area contributed by atoms with Gasteiger partial charge in [0.1, 0.15) is 0 Å². The number of thiophene rings is 2. The van der Waals surface area contributed by atoms with Crippen molar-refractivity contribution >= 4 is 104 Å². The van der Waals surface area contributed by atoms with Crippen molar-refractivity contribution in [3.05, 3.63) is 199 Å². The van der Waals surface area contributed by atoms with Crippen LogP contribution in [0, 0.1) is 0 Å². The highest BCUT2D eigenvalue weighted by atomic mass is 32.1. The van der Waals surface area contributed by atoms with E-state index >= 15 is 0 Å². The van der Waals surface area contributed by atoms with Crippen LogP contribution >= 0.6 is 22.7 Å². The van der Waals surface area contributed by atoms with Crippen molar-refractivity contribution in [1.82, 2.24) is 4.57 Å². The summed E-state index contributed by atoms with van der Waals surface area (Å²) >= 11 is 3.80. The van der Waals surface area contributed by atoms with Gasteiger partial charge in [0.2, 0.25) is 0 Å². The zero-order chi connectivity index (χ0) is 45.6. The van der Waals surface area contributed by atoms with Gasteiger partial charge >= 0.3 is 0 Å². The summed E-state index contributed by atoms with van der Waals surface area (Å²) < 4.78 is 6.54. The Labute approximate surface area is 405 Å². The third kappa shape index (κ3) is 5.82. The topological polar surface area (TPSA) is 17.0 Å². The van der Waals surface area contributed by atoms with Crippen molar-refractivity contribution in [2.45, 2.75) is 45.4 Å². The van der Waals surface area contributed by atoms with Crippen molar-refractivity contribution in [3.63, 3.8) is 0 Å². The summed E-state index contributed by atoms with van der Waals surface area (Å²) in [5.74, 6) is 0. The lowest BCUT2D eigenvalue weighted by atomic mass is 9.59. The van der Waals surface area contributed by atoms with Gasteiger partial charge in [-0.05, 0) is 110 Å². The minimum absolute atomic E-state index is 0.0683. The van der Waals surface area contributed by atoms with E-state index in [0.29, 0.717) is 0 Å². The third-order valence-electron chi connectivity index (χ3n) is 15.0. The Hall–Kier alpha value is -7.18. The molecular weight excluding hydrogens is 860 g/mol. The van der Waals surface area contributed by atoms with Gasteiger partial charge in [-0.15, -0.1) is 22.7 Å². The highest BCUT2D eigenvalue weighted by Gasteiger charge is 2.37. The molecule has 2 aliphatic rings. The smallest absolute Gasteiger partial charge is 0.197 e. The van der Waals surface area contributed by atoms with Gasteiger partial charge in [0.05, 0.1) is 5.52 Å². The normalized spacial score (nSPS) is 13.6. The number of anilines is 2. The number of aromatic nitrogens is 1. The Morgan fingerprint density at radius 3 is 2.03 bits per heavy atom. The maximum Gasteiger partial charge on any atom is 0.197 e. The van der Waals surface area contributed by atoms with Crippen LogP contribution in [0.25, 0.3) is 102 Å². The van der Waals surface area contributed by atoms with Gasteiger partial charge in [0.25, 0.3) is 0 Å². The molecule has 14 rings (SSSR count). The van der Waals surface area contributed by atoms with Gasteiger partial charge in [-0.1, -0.05) is 167 Å². The SMILES string of the molecule is CC(C)(C)c1ccc(Nc2cc3c(cc2-c2ccc4c5cc6c(cc5n5c4c2[B]c2cc4sc(-c7ccccc7)c(-c7ccccc7)c4cc2-5)sc2ccccc26)-c2ccccc2C3(C)C)cc1. The van der Waals surface area contributed by atoms with Crippen LogP contribution in [0.2, 0.25) is 0 Å². The first-order chi connectivity index (χ1) is 33.1. The Morgan fingerprint density at radius 1 is 0.515 bits per heavy atom. The number of nitrogens with zero attached hydrogens (tertiary/aromatic N) is 1. The number of nitrogens with one attached hydrogen (secondary N) is 1. The van der Waals surface area contributed by atoms with Crippen LogP contribution < -0.4 is 16.2 Å². The van der Waals surface area contributed by atoms with Crippen LogP contribution in [0.4, 0.5) is 11.4 Å². The quantitative estimate of drug-likeness (QED) is 0.170. The summed E-state index contributed by atoms with van der Waals surface area (Å²) in [6.45, 7) is 11.6. The molecule has 0 saturated carbocycles. The van der Waals surface area contributed by atoms with E-state index in [-0.39, 0.29) is 10.8 Å². The lowest BCUT2D eigenvalue weighted by Gasteiger charge is -2.26. The second-order valence-corrected chi connectivity index (χ2v) is 22.5. The van der Waals surface area contributed by atoms with Gasteiger partial charge in [-0.2, -0.15) is 0 Å². The third-order valence-corrected chi connectivity index (χ3v) is 17.3. The predicted molar refractivity (Wildman–Crippen MR) is 296 cm³/mol. The van der Waals surface area contributed by atoms with Crippen molar-refractivity contribution in [2.24, 2.45) is 0 Å². The van der Waals surface area contributed by atoms with E-state index in [2.05, 4.69) is 234 Å². The number of fused-ring (bicyclic) bond motifs is 12. The van der Waals surface area contributed by atoms with E-state index in [0.717, 1.165) is 11.4 Å². The first-order valence-corrected chi connectivity index (χ1v) is 25.4. The van der Waals surface area contributed by atoms with E-state index in [1.54, 1.807) is 0 Å². The molecule has 3 aromatic heterocycles. The van der Waals surface area contributed by atoms with Crippen molar-refractivity contribution < 1.29 is 0 Å². The van der Waals surface area contributed by atoms with E-state index in [9.17, 15) is 0 Å². The van der Waals surface area contributed by atoms with Crippen LogP contribution in [0.3, 0.4) is 0 Å². The lowest BCUT2D eigenvalue weighted by Crippen LogP contribution is -2.37. The number of hydrogen-bond acceptors (Lipinski definition) is 3. The van der Waals surface area contributed by atoms with Crippen LogP contribution in [-0.4, -0.2) is 11.8 Å². The summed E-state index contributed by atoms with van der Waals surface area (Å²) in [5, 5.41) is 10.5. The van der Waals surface area contributed by atoms with Crippen molar-refractivity contribution in [1.29, 1.82) is 0 Å². The first-order valence-electron chi connectivity index (χ1n) is 23.7. The molecule has 0 fully saturated rings. The Bertz CT molecular complexity index is 4070. The van der Waals surface area contributed by atoms with E-state index in [1.807, 2.05) is 22.7 Å². The monoisotopic (exact) mass is 905 g/mol. The molecule has 4 heterocycles. The molecule has 12 aromatic rings. The molecule has 0 atom stereocenters. The summed E-state index contributed by atoms with van der Waals surface area (Å²) in [7, 11) is 2.50. The highest BCUT2D eigenvalue weighted by molar-refractivity contribution is 7.26. The number of rotatable bonds is 5. The van der Waals surface area contributed by atoms with E-state index < -0.39 is 0 Å². The van der Waals surface area contributed by atoms with E-state index in [1.165, 1.54) is 129 Å². The molecule has 9 aromatic carbocycles. The second kappa shape index (κ2) is 14.4. The summed E-state index contributed by atoms with van der Waals surface area (Å²) in [6.07, 6.45) is 0. The van der Waals surface area contributed by atoms with Gasteiger partial charge in [-0.25, -0.2) is 0 Å². The fraction of sp³-hybridized carbons (Fsp3) is 0.111. The molecule has 0 spiro atoms. The fourth-order valence-corrected chi connectivity index (χ4v) is 13.9. The average molecular weight is 906 g/mol. The molecule has 1 N–H and O–H groups in total. The number of benzene rings is 9. The minimum atomic E-state index is -0.146. The van der Waals surface area contributed by atoms with Crippen molar-refractivity contribution in [2.75, 3.05) is 5.32 Å². The molecule has 0 bridgehead atoms. The van der Waals surface area contributed by atoms with Crippen LogP contribution in [0.15, 0.2) is 182 Å². The van der Waals surface area contributed by atoms with Gasteiger partial charge < -0.3 is 9.88 Å². The standard InChI is InChI=1S/C63H46BN2S2/c1-62(2,3)38-24-26-39(27-25-38)65-52-33-50-44(40-20-12-14-22-49(40)63(50,4)5)30-45(52)42-28-29-43-46-31-47-41-21-13-15-23-55(41)67-57(47)35-53(46)66-54-32-48-56(34-51(54)64-59(42)60(43)66)68-61(37-18-10-7-11-19-37)58(48)36-16-8-6-9-17-36/h6-35,65H,1-5H3. The maximum absolute atomic E-state index is 4.00. The Morgan fingerprint density at radius 2 is 1.24 bits per heavy atom. The molecule has 0 saturated heterocycles. The summed E-state index contributed by atoms with van der Waals surface area (Å²) in [6, 6.07) is 68.6. The zero-order valence-electron chi connectivity index (χ0n) is 38.7. The molecule has 1 aliphatic heterocycles. The van der Waals surface area contributed by atoms with E-state index in [4.69, 9.17) is 0 Å². The molecule has 0 amide bonds. The molecule has 68 heavy (non-hydrogen) atoms. The summed E-state index contributed by atoms with van der Waals surface area (Å²) in [5.41, 5.74) is 21.2. The molecule has 1 aliphatic carbocycles. The Kier molecular flexibility index (Phi) is 8.47. The molecule has 2 nitrogen and oxygen atoms in total. The van der Waals surface area contributed by atoms with Crippen LogP contribution in [0.1, 0.15) is 51.3 Å². The highest BCUT2D eigenvalue weighted by Crippen LogP contribution is 2.53. The molecule has 5 heteroatoms. The Balaban J connectivity index is 1.06. The van der Waals surface area contributed by atoms with Gasteiger partial charge in [-0.3, -0.25) is 0 Å². The summed E-state index contributed by atoms with van der Waals surface area (Å²) in [4.78, 5) is 1.30. The minimum Gasteiger partial charge on any atom is -0.355 e. The largest absolute Gasteiger partial charge is 0.355 e. The molecular formula is C63H46BN2S2. The first kappa shape index (κ1) is 39.9. The van der Waals surface area contributed by atoms with Gasteiger partial charge in [0.15, 0.2) is 7.28 Å². The maximum atomic E-state index is 4.00. The average Bonchev–Trinajstić information content (AvgIpc) is 4.07. The fourth-order valence-electron chi connectivity index (χ4n) is 11.6. The predicted octanol–water partition coefficient (Wildman–Crippen LogP) is 16.7. The lowest BCUT2D eigenvalue weighted by molar-refractivity contribution is 0.590. The van der Waals surface area contributed by atoms with Crippen molar-refractivity contribution in [3.8, 4) is 49.5 Å². The van der Waals surface area contributed by atoms with Gasteiger partial charge in [0, 0.05) is 85.0 Å². The zero-order valence-corrected chi connectivity index (χ0v) is 40.3. The van der Waals surface area contributed by atoms with Crippen LogP contribution in [-0.2, 0) is 10.8 Å². The molecule has 323 valence electrons. The van der Waals surface area contributed by atoms with Crippen LogP contribution in [0.5, 0.6) is 0 Å². The second-order valence-electron chi connectivity index (χ2n) is 20.4.